The highest BCUT2D eigenvalue weighted by Crippen LogP contribution is 2.40. The predicted molar refractivity (Wildman–Crippen MR) is 93.0 cm³/mol. The van der Waals surface area contributed by atoms with Crippen LogP contribution in [0.25, 0.3) is 0 Å². The molecule has 1 fully saturated rings. The lowest BCUT2D eigenvalue weighted by atomic mass is 10.1. The Morgan fingerprint density at radius 2 is 1.92 bits per heavy atom. The van der Waals surface area contributed by atoms with Gasteiger partial charge in [0.05, 0.1) is 17.7 Å². The third-order valence-electron chi connectivity index (χ3n) is 4.29. The minimum atomic E-state index is 0.0560. The van der Waals surface area contributed by atoms with Crippen LogP contribution in [-0.2, 0) is 11.3 Å². The molecule has 24 heavy (non-hydrogen) atoms. The summed E-state index contributed by atoms with van der Waals surface area (Å²) in [6, 6.07) is 11.8. The second-order valence-electron chi connectivity index (χ2n) is 5.96. The molecule has 0 aliphatic carbocycles. The summed E-state index contributed by atoms with van der Waals surface area (Å²) in [5.41, 5.74) is 2.26. The molecule has 0 bridgehead atoms. The fraction of sp³-hybridized carbons (Fsp3) is 0.333. The van der Waals surface area contributed by atoms with Gasteiger partial charge in [-0.15, -0.1) is 0 Å². The van der Waals surface area contributed by atoms with Crippen LogP contribution in [-0.4, -0.2) is 31.4 Å². The number of ether oxygens (including phenoxy) is 3. The van der Waals surface area contributed by atoms with Crippen LogP contribution in [0.2, 0.25) is 10.0 Å². The van der Waals surface area contributed by atoms with Crippen molar-refractivity contribution in [3.63, 3.8) is 0 Å². The zero-order valence-corrected chi connectivity index (χ0v) is 14.5. The lowest BCUT2D eigenvalue weighted by molar-refractivity contribution is -0.0329. The number of nitrogens with zero attached hydrogens (tertiary/aromatic N) is 1. The molecule has 6 heteroatoms. The van der Waals surface area contributed by atoms with E-state index in [0.29, 0.717) is 17.4 Å². The molecule has 2 aromatic carbocycles. The molecule has 0 N–H and O–H groups in total. The molecule has 0 spiro atoms. The first-order valence-corrected chi connectivity index (χ1v) is 8.62. The molecule has 2 heterocycles. The molecule has 0 amide bonds. The number of halogens is 2. The molecule has 126 valence electrons. The molecule has 1 unspecified atom stereocenters. The topological polar surface area (TPSA) is 30.9 Å². The first-order valence-electron chi connectivity index (χ1n) is 7.86. The Morgan fingerprint density at radius 3 is 2.75 bits per heavy atom. The largest absolute Gasteiger partial charge is 0.454 e. The maximum atomic E-state index is 6.27. The van der Waals surface area contributed by atoms with Gasteiger partial charge in [0.1, 0.15) is 0 Å². The van der Waals surface area contributed by atoms with Crippen molar-refractivity contribution in [2.75, 3.05) is 26.5 Å². The zero-order valence-electron chi connectivity index (χ0n) is 13.0. The molecule has 2 aromatic rings. The Morgan fingerprint density at radius 1 is 1.08 bits per heavy atom. The van der Waals surface area contributed by atoms with Gasteiger partial charge in [-0.25, -0.2) is 0 Å². The van der Waals surface area contributed by atoms with Crippen LogP contribution in [0.1, 0.15) is 17.2 Å². The van der Waals surface area contributed by atoms with E-state index in [2.05, 4.69) is 4.90 Å². The average molecular weight is 366 g/mol. The fourth-order valence-electron chi connectivity index (χ4n) is 3.10. The third-order valence-corrected chi connectivity index (χ3v) is 4.82. The van der Waals surface area contributed by atoms with Crippen molar-refractivity contribution in [1.82, 2.24) is 4.90 Å². The Balaban J connectivity index is 1.47. The van der Waals surface area contributed by atoms with E-state index in [9.17, 15) is 0 Å². The lowest BCUT2D eigenvalue weighted by Crippen LogP contribution is -2.37. The van der Waals surface area contributed by atoms with Crippen molar-refractivity contribution < 1.29 is 14.2 Å². The molecule has 0 radical (unpaired) electrons. The predicted octanol–water partition coefficient (Wildman–Crippen LogP) is 4.30. The van der Waals surface area contributed by atoms with Crippen LogP contribution in [0.3, 0.4) is 0 Å². The molecule has 4 nitrogen and oxygen atoms in total. The summed E-state index contributed by atoms with van der Waals surface area (Å²) in [7, 11) is 0. The number of rotatable bonds is 3. The Labute approximate surface area is 150 Å². The van der Waals surface area contributed by atoms with E-state index in [-0.39, 0.29) is 12.9 Å². The van der Waals surface area contributed by atoms with Crippen LogP contribution in [0.5, 0.6) is 11.5 Å². The van der Waals surface area contributed by atoms with Crippen molar-refractivity contribution in [3.05, 3.63) is 57.6 Å². The van der Waals surface area contributed by atoms with Gasteiger partial charge in [-0.1, -0.05) is 35.3 Å². The molecular formula is C18H17Cl2NO3. The van der Waals surface area contributed by atoms with Gasteiger partial charge >= 0.3 is 0 Å². The summed E-state index contributed by atoms with van der Waals surface area (Å²) in [4.78, 5) is 2.36. The van der Waals surface area contributed by atoms with Gasteiger partial charge in [-0.3, -0.25) is 4.90 Å². The van der Waals surface area contributed by atoms with Gasteiger partial charge in [0.2, 0.25) is 6.79 Å². The van der Waals surface area contributed by atoms with Gasteiger partial charge in [0.25, 0.3) is 0 Å². The molecule has 0 saturated carbocycles. The zero-order chi connectivity index (χ0) is 16.5. The highest BCUT2D eigenvalue weighted by atomic mass is 35.5. The summed E-state index contributed by atoms with van der Waals surface area (Å²) >= 11 is 12.2. The van der Waals surface area contributed by atoms with Gasteiger partial charge in [-0.2, -0.15) is 0 Å². The van der Waals surface area contributed by atoms with Crippen molar-refractivity contribution in [2.45, 2.75) is 12.6 Å². The van der Waals surface area contributed by atoms with Crippen molar-refractivity contribution in [1.29, 1.82) is 0 Å². The van der Waals surface area contributed by atoms with Crippen molar-refractivity contribution in [2.24, 2.45) is 0 Å². The Bertz CT molecular complexity index is 736. The third kappa shape index (κ3) is 3.33. The van der Waals surface area contributed by atoms with E-state index in [0.717, 1.165) is 41.5 Å². The van der Waals surface area contributed by atoms with E-state index in [4.69, 9.17) is 37.4 Å². The quantitative estimate of drug-likeness (QED) is 0.811. The summed E-state index contributed by atoms with van der Waals surface area (Å²) in [5, 5.41) is 1.34. The molecule has 4 rings (SSSR count). The molecular weight excluding hydrogens is 349 g/mol. The van der Waals surface area contributed by atoms with Gasteiger partial charge < -0.3 is 14.2 Å². The van der Waals surface area contributed by atoms with E-state index in [1.54, 1.807) is 0 Å². The highest BCUT2D eigenvalue weighted by molar-refractivity contribution is 6.32. The van der Waals surface area contributed by atoms with Crippen LogP contribution in [0.15, 0.2) is 36.4 Å². The van der Waals surface area contributed by atoms with E-state index in [1.807, 2.05) is 36.4 Å². The smallest absolute Gasteiger partial charge is 0.231 e. The highest BCUT2D eigenvalue weighted by Gasteiger charge is 2.24. The Kier molecular flexibility index (Phi) is 4.55. The SMILES string of the molecule is Clc1ccc(C2CN(Cc3cc(Cl)c4c(c3)OCO4)CCO2)cc1. The standard InChI is InChI=1S/C18H17Cl2NO3/c19-14-3-1-13(2-4-14)17-10-21(5-6-22-17)9-12-7-15(20)18-16(8-12)23-11-24-18/h1-4,7-8,17H,5-6,9-11H2. The number of hydrogen-bond donors (Lipinski definition) is 0. The Hall–Kier alpha value is -1.46. The number of fused-ring (bicyclic) bond motifs is 1. The number of morpholine rings is 1. The van der Waals surface area contributed by atoms with Crippen LogP contribution in [0.4, 0.5) is 0 Å². The van der Waals surface area contributed by atoms with Crippen LogP contribution < -0.4 is 9.47 Å². The van der Waals surface area contributed by atoms with Crippen LogP contribution >= 0.6 is 23.2 Å². The molecule has 1 saturated heterocycles. The summed E-state index contributed by atoms with van der Waals surface area (Å²) in [6.07, 6.45) is 0.0560. The molecule has 1 atom stereocenters. The van der Waals surface area contributed by atoms with Gasteiger partial charge in [-0.05, 0) is 35.4 Å². The molecule has 2 aliphatic heterocycles. The first-order chi connectivity index (χ1) is 11.7. The fourth-order valence-corrected chi connectivity index (χ4v) is 3.51. The molecule has 2 aliphatic rings. The van der Waals surface area contributed by atoms with Crippen molar-refractivity contribution in [3.8, 4) is 11.5 Å². The average Bonchev–Trinajstić information content (AvgIpc) is 3.05. The first kappa shape index (κ1) is 16.0. The van der Waals surface area contributed by atoms with E-state index < -0.39 is 0 Å². The lowest BCUT2D eigenvalue weighted by Gasteiger charge is -2.33. The van der Waals surface area contributed by atoms with E-state index in [1.165, 1.54) is 0 Å². The maximum Gasteiger partial charge on any atom is 0.231 e. The van der Waals surface area contributed by atoms with Gasteiger partial charge in [0, 0.05) is 24.7 Å². The second kappa shape index (κ2) is 6.81. The monoisotopic (exact) mass is 365 g/mol. The minimum Gasteiger partial charge on any atom is -0.454 e. The summed E-state index contributed by atoms with van der Waals surface area (Å²) < 4.78 is 16.7. The molecule has 0 aromatic heterocycles. The summed E-state index contributed by atoms with van der Waals surface area (Å²) in [6.45, 7) is 3.44. The van der Waals surface area contributed by atoms with Crippen LogP contribution in [0, 0.1) is 0 Å². The van der Waals surface area contributed by atoms with Gasteiger partial charge in [0.15, 0.2) is 11.5 Å². The number of hydrogen-bond acceptors (Lipinski definition) is 4. The van der Waals surface area contributed by atoms with Crippen molar-refractivity contribution >= 4 is 23.2 Å². The van der Waals surface area contributed by atoms with E-state index >= 15 is 0 Å². The normalized spacial score (nSPS) is 20.3. The number of benzene rings is 2. The maximum absolute atomic E-state index is 6.27. The second-order valence-corrected chi connectivity index (χ2v) is 6.80. The minimum absolute atomic E-state index is 0.0560. The summed E-state index contributed by atoms with van der Waals surface area (Å²) in [5.74, 6) is 1.36.